The standard InChI is InChI=1S/C20H20ClFN6/c1-27(12-24)20(25)13-6-8-28(9-7-13)19-15(3-4-17(21)16(19)10-23)14-2-5-18(22)26-11-14/h2-5,11-13,24-25H,6-9H2,1H3. The van der Waals surface area contributed by atoms with Crippen LogP contribution >= 0.6 is 11.6 Å². The minimum Gasteiger partial charge on any atom is -0.370 e. The summed E-state index contributed by atoms with van der Waals surface area (Å²) >= 11 is 6.28. The van der Waals surface area contributed by atoms with E-state index < -0.39 is 5.95 Å². The van der Waals surface area contributed by atoms with Crippen LogP contribution in [0.25, 0.3) is 11.1 Å². The molecule has 0 saturated carbocycles. The molecule has 0 aliphatic carbocycles. The largest absolute Gasteiger partial charge is 0.370 e. The molecule has 0 amide bonds. The quantitative estimate of drug-likeness (QED) is 0.460. The summed E-state index contributed by atoms with van der Waals surface area (Å²) in [4.78, 5) is 7.33. The third kappa shape index (κ3) is 3.82. The first-order chi connectivity index (χ1) is 13.5. The number of nitrogens with one attached hydrogen (secondary N) is 2. The molecule has 2 aromatic rings. The molecule has 2 heterocycles. The minimum atomic E-state index is -0.561. The van der Waals surface area contributed by atoms with Crippen LogP contribution < -0.4 is 4.90 Å². The number of piperidine rings is 1. The van der Waals surface area contributed by atoms with Crippen molar-refractivity contribution in [3.05, 3.63) is 47.0 Å². The molecule has 1 aliphatic rings. The SMILES string of the molecule is CN(C=N)C(=N)C1CCN(c2c(-c3ccc(F)nc3)ccc(Cl)c2C#N)CC1. The van der Waals surface area contributed by atoms with E-state index in [1.807, 2.05) is 6.07 Å². The lowest BCUT2D eigenvalue weighted by molar-refractivity contribution is 0.473. The zero-order valence-electron chi connectivity index (χ0n) is 15.4. The fourth-order valence-electron chi connectivity index (χ4n) is 3.50. The van der Waals surface area contributed by atoms with E-state index in [4.69, 9.17) is 22.4 Å². The van der Waals surface area contributed by atoms with Crippen LogP contribution in [-0.2, 0) is 0 Å². The Labute approximate surface area is 168 Å². The topological polar surface area (TPSA) is 90.9 Å². The van der Waals surface area contributed by atoms with Gasteiger partial charge >= 0.3 is 0 Å². The third-order valence-electron chi connectivity index (χ3n) is 5.05. The van der Waals surface area contributed by atoms with Gasteiger partial charge in [-0.05, 0) is 31.0 Å². The van der Waals surface area contributed by atoms with Crippen LogP contribution in [0.4, 0.5) is 10.1 Å². The number of hydrogen-bond acceptors (Lipinski definition) is 5. The highest BCUT2D eigenvalue weighted by molar-refractivity contribution is 6.32. The number of anilines is 1. The molecule has 1 aliphatic heterocycles. The number of pyridine rings is 1. The van der Waals surface area contributed by atoms with Gasteiger partial charge in [0.2, 0.25) is 5.95 Å². The number of aromatic nitrogens is 1. The summed E-state index contributed by atoms with van der Waals surface area (Å²) in [6.07, 6.45) is 4.05. The van der Waals surface area contributed by atoms with Crippen LogP contribution in [0.2, 0.25) is 5.02 Å². The summed E-state index contributed by atoms with van der Waals surface area (Å²) in [6.45, 7) is 1.30. The zero-order chi connectivity index (χ0) is 20.3. The van der Waals surface area contributed by atoms with Gasteiger partial charge in [-0.25, -0.2) is 4.98 Å². The summed E-state index contributed by atoms with van der Waals surface area (Å²) in [7, 11) is 1.70. The predicted octanol–water partition coefficient (Wildman–Crippen LogP) is 4.15. The molecule has 0 spiro atoms. The summed E-state index contributed by atoms with van der Waals surface area (Å²) in [6, 6.07) is 8.62. The Morgan fingerprint density at radius 3 is 2.64 bits per heavy atom. The maximum Gasteiger partial charge on any atom is 0.212 e. The van der Waals surface area contributed by atoms with Gasteiger partial charge in [-0.15, -0.1) is 0 Å². The lowest BCUT2D eigenvalue weighted by Crippen LogP contribution is -2.41. The Morgan fingerprint density at radius 2 is 2.07 bits per heavy atom. The van der Waals surface area contributed by atoms with Gasteiger partial charge in [-0.3, -0.25) is 10.8 Å². The zero-order valence-corrected chi connectivity index (χ0v) is 16.2. The van der Waals surface area contributed by atoms with Crippen LogP contribution in [0.3, 0.4) is 0 Å². The third-order valence-corrected chi connectivity index (χ3v) is 5.36. The summed E-state index contributed by atoms with van der Waals surface area (Å²) < 4.78 is 13.2. The van der Waals surface area contributed by atoms with Crippen LogP contribution in [0.5, 0.6) is 0 Å². The first kappa shape index (κ1) is 19.8. The average Bonchev–Trinajstić information content (AvgIpc) is 2.73. The van der Waals surface area contributed by atoms with Crippen molar-refractivity contribution in [2.75, 3.05) is 25.0 Å². The number of nitriles is 1. The smallest absolute Gasteiger partial charge is 0.212 e. The van der Waals surface area contributed by atoms with Crippen molar-refractivity contribution in [1.82, 2.24) is 9.88 Å². The molecule has 1 fully saturated rings. The van der Waals surface area contributed by atoms with Crippen molar-refractivity contribution in [1.29, 1.82) is 16.1 Å². The van der Waals surface area contributed by atoms with Crippen molar-refractivity contribution >= 4 is 29.5 Å². The number of nitrogens with zero attached hydrogens (tertiary/aromatic N) is 4. The first-order valence-electron chi connectivity index (χ1n) is 8.87. The number of benzene rings is 1. The second-order valence-electron chi connectivity index (χ2n) is 6.69. The molecule has 6 nitrogen and oxygen atoms in total. The van der Waals surface area contributed by atoms with E-state index in [0.29, 0.717) is 40.8 Å². The van der Waals surface area contributed by atoms with Crippen molar-refractivity contribution < 1.29 is 4.39 Å². The summed E-state index contributed by atoms with van der Waals surface area (Å²) in [5.41, 5.74) is 2.59. The number of halogens is 2. The molecule has 0 atom stereocenters. The highest BCUT2D eigenvalue weighted by atomic mass is 35.5. The molecular formula is C20H20ClFN6. The highest BCUT2D eigenvalue weighted by Gasteiger charge is 2.28. The second kappa shape index (κ2) is 8.36. The Morgan fingerprint density at radius 1 is 1.36 bits per heavy atom. The van der Waals surface area contributed by atoms with Gasteiger partial charge in [-0.1, -0.05) is 17.7 Å². The molecule has 1 aromatic carbocycles. The normalized spacial score (nSPS) is 14.4. The maximum absolute atomic E-state index is 13.2. The summed E-state index contributed by atoms with van der Waals surface area (Å²) in [5.74, 6) is -0.0814. The van der Waals surface area contributed by atoms with Gasteiger partial charge in [0.05, 0.1) is 22.6 Å². The molecule has 1 saturated heterocycles. The summed E-state index contributed by atoms with van der Waals surface area (Å²) in [5, 5.41) is 25.6. The van der Waals surface area contributed by atoms with Crippen LogP contribution in [-0.4, -0.2) is 42.2 Å². The van der Waals surface area contributed by atoms with Gasteiger partial charge in [-0.2, -0.15) is 9.65 Å². The molecule has 8 heteroatoms. The molecule has 1 aromatic heterocycles. The van der Waals surface area contributed by atoms with E-state index in [0.717, 1.165) is 24.7 Å². The number of rotatable bonds is 4. The lowest BCUT2D eigenvalue weighted by atomic mass is 9.92. The van der Waals surface area contributed by atoms with Crippen LogP contribution in [0.1, 0.15) is 18.4 Å². The molecule has 28 heavy (non-hydrogen) atoms. The second-order valence-corrected chi connectivity index (χ2v) is 7.09. The monoisotopic (exact) mass is 398 g/mol. The van der Waals surface area contributed by atoms with Gasteiger partial charge < -0.3 is 9.80 Å². The predicted molar refractivity (Wildman–Crippen MR) is 109 cm³/mol. The number of amidine groups is 1. The van der Waals surface area contributed by atoms with Crippen molar-refractivity contribution in [2.24, 2.45) is 5.92 Å². The Kier molecular flexibility index (Phi) is 5.90. The van der Waals surface area contributed by atoms with Gasteiger partial charge in [0.25, 0.3) is 0 Å². The molecule has 144 valence electrons. The van der Waals surface area contributed by atoms with Crippen LogP contribution in [0, 0.1) is 34.0 Å². The molecule has 2 N–H and O–H groups in total. The van der Waals surface area contributed by atoms with E-state index in [2.05, 4.69) is 16.0 Å². The molecule has 0 radical (unpaired) electrons. The molecule has 0 unspecified atom stereocenters. The molecular weight excluding hydrogens is 379 g/mol. The van der Waals surface area contributed by atoms with Crippen molar-refractivity contribution in [3.63, 3.8) is 0 Å². The maximum atomic E-state index is 13.2. The average molecular weight is 399 g/mol. The van der Waals surface area contributed by atoms with E-state index in [9.17, 15) is 9.65 Å². The fraction of sp³-hybridized carbons (Fsp3) is 0.300. The van der Waals surface area contributed by atoms with E-state index in [1.54, 1.807) is 19.2 Å². The van der Waals surface area contributed by atoms with E-state index in [-0.39, 0.29) is 5.92 Å². The minimum absolute atomic E-state index is 0.0588. The van der Waals surface area contributed by atoms with E-state index in [1.165, 1.54) is 17.2 Å². The highest BCUT2D eigenvalue weighted by Crippen LogP contribution is 2.39. The fourth-order valence-corrected chi connectivity index (χ4v) is 3.70. The Hall–Kier alpha value is -2.98. The molecule has 0 bridgehead atoms. The lowest BCUT2D eigenvalue weighted by Gasteiger charge is -2.36. The molecule has 3 rings (SSSR count). The van der Waals surface area contributed by atoms with Crippen LogP contribution in [0.15, 0.2) is 30.5 Å². The van der Waals surface area contributed by atoms with Gasteiger partial charge in [0, 0.05) is 43.4 Å². The van der Waals surface area contributed by atoms with Crippen molar-refractivity contribution in [3.8, 4) is 17.2 Å². The van der Waals surface area contributed by atoms with Gasteiger partial charge in [0.15, 0.2) is 0 Å². The first-order valence-corrected chi connectivity index (χ1v) is 9.25. The Bertz CT molecular complexity index is 929. The Balaban J connectivity index is 1.94. The van der Waals surface area contributed by atoms with E-state index >= 15 is 0 Å². The van der Waals surface area contributed by atoms with Crippen molar-refractivity contribution in [2.45, 2.75) is 12.8 Å². The number of hydrogen-bond donors (Lipinski definition) is 2. The van der Waals surface area contributed by atoms with Gasteiger partial charge in [0.1, 0.15) is 11.9 Å².